The molecule has 0 spiro atoms. The van der Waals surface area contributed by atoms with Gasteiger partial charge in [0.2, 0.25) is 0 Å². The fraction of sp³-hybridized carbons (Fsp3) is 0.222. The van der Waals surface area contributed by atoms with Crippen molar-refractivity contribution in [3.05, 3.63) is 40.3 Å². The van der Waals surface area contributed by atoms with Gasteiger partial charge in [-0.05, 0) is 12.5 Å². The fourth-order valence-corrected chi connectivity index (χ4v) is 1.11. The molecule has 74 valence electrons. The van der Waals surface area contributed by atoms with Gasteiger partial charge in [-0.3, -0.25) is 0 Å². The van der Waals surface area contributed by atoms with Crippen LogP contribution in [0.3, 0.4) is 0 Å². The van der Waals surface area contributed by atoms with Gasteiger partial charge in [0.25, 0.3) is 0 Å². The standard InChI is InChI=1S/C9H10N2O3/c1-7-3-2-4-8(5-7)6-11(10-14)9(12)13/h2-5H,6H2,1H3,(H,12,13)/p-1. The van der Waals surface area contributed by atoms with E-state index >= 15 is 0 Å². The molecule has 0 aliphatic carbocycles. The van der Waals surface area contributed by atoms with Crippen LogP contribution >= 0.6 is 0 Å². The third-order valence-electron chi connectivity index (χ3n) is 1.72. The Balaban J connectivity index is 2.76. The molecule has 5 nitrogen and oxygen atoms in total. The predicted octanol–water partition coefficient (Wildman–Crippen LogP) is 0.822. The van der Waals surface area contributed by atoms with Gasteiger partial charge in [0, 0.05) is 0 Å². The Morgan fingerprint density at radius 3 is 2.79 bits per heavy atom. The Morgan fingerprint density at radius 1 is 1.57 bits per heavy atom. The number of hydrogen-bond donors (Lipinski definition) is 0. The van der Waals surface area contributed by atoms with E-state index in [1.807, 2.05) is 13.0 Å². The zero-order valence-corrected chi connectivity index (χ0v) is 7.64. The quantitative estimate of drug-likeness (QED) is 0.527. The number of amides is 1. The summed E-state index contributed by atoms with van der Waals surface area (Å²) in [5.74, 6) is 0. The smallest absolute Gasteiger partial charge is 0.161 e. The number of carbonyl (C=O) groups excluding carboxylic acids is 1. The average molecular weight is 193 g/mol. The molecule has 5 heteroatoms. The first-order chi connectivity index (χ1) is 6.63. The van der Waals surface area contributed by atoms with E-state index in [0.717, 1.165) is 5.56 Å². The third-order valence-corrected chi connectivity index (χ3v) is 1.72. The molecule has 1 amide bonds. The highest BCUT2D eigenvalue weighted by molar-refractivity contribution is 5.61. The molecule has 0 N–H and O–H groups in total. The van der Waals surface area contributed by atoms with Gasteiger partial charge in [0.15, 0.2) is 6.09 Å². The maximum atomic E-state index is 10.3. The molecule has 0 radical (unpaired) electrons. The van der Waals surface area contributed by atoms with Crippen LogP contribution in [0.2, 0.25) is 0 Å². The molecule has 0 heterocycles. The molecule has 0 saturated carbocycles. The Labute approximate surface area is 80.9 Å². The zero-order valence-electron chi connectivity index (χ0n) is 7.64. The molecular formula is C9H9N2O3-. The zero-order chi connectivity index (χ0) is 10.6. The van der Waals surface area contributed by atoms with Crippen LogP contribution in [0.5, 0.6) is 0 Å². The lowest BCUT2D eigenvalue weighted by molar-refractivity contribution is -0.266. The lowest BCUT2D eigenvalue weighted by atomic mass is 10.1. The van der Waals surface area contributed by atoms with Crippen LogP contribution in [0.15, 0.2) is 29.6 Å². The SMILES string of the molecule is Cc1cccc(CN(N=O)C(=O)[O-])c1. The normalized spacial score (nSPS) is 9.50. The second-order valence-corrected chi connectivity index (χ2v) is 2.89. The molecule has 0 unspecified atom stereocenters. The predicted molar refractivity (Wildman–Crippen MR) is 47.9 cm³/mol. The highest BCUT2D eigenvalue weighted by Gasteiger charge is 2.04. The molecule has 0 saturated heterocycles. The van der Waals surface area contributed by atoms with E-state index < -0.39 is 6.09 Å². The summed E-state index contributed by atoms with van der Waals surface area (Å²) in [4.78, 5) is 20.4. The largest absolute Gasteiger partial charge is 0.529 e. The molecule has 1 aromatic carbocycles. The van der Waals surface area contributed by atoms with Crippen LogP contribution in [-0.2, 0) is 6.54 Å². The molecule has 0 bridgehead atoms. The summed E-state index contributed by atoms with van der Waals surface area (Å²) in [6.45, 7) is 1.80. The molecule has 0 fully saturated rings. The van der Waals surface area contributed by atoms with Crippen molar-refractivity contribution >= 4 is 6.09 Å². The van der Waals surface area contributed by atoms with Crippen molar-refractivity contribution < 1.29 is 9.90 Å². The number of nitrogens with zero attached hydrogens (tertiary/aromatic N) is 2. The lowest BCUT2D eigenvalue weighted by Crippen LogP contribution is -2.36. The summed E-state index contributed by atoms with van der Waals surface area (Å²) in [7, 11) is 0. The topological polar surface area (TPSA) is 72.8 Å². The molecular weight excluding hydrogens is 184 g/mol. The van der Waals surface area contributed by atoms with Crippen molar-refractivity contribution in [3.63, 3.8) is 0 Å². The van der Waals surface area contributed by atoms with E-state index in [9.17, 15) is 14.8 Å². The number of carboxylic acid groups (broad SMARTS) is 1. The van der Waals surface area contributed by atoms with Gasteiger partial charge >= 0.3 is 0 Å². The Kier molecular flexibility index (Phi) is 3.17. The second-order valence-electron chi connectivity index (χ2n) is 2.89. The number of hydrogen-bond acceptors (Lipinski definition) is 4. The number of nitroso groups, excluding NO2 is 1. The lowest BCUT2D eigenvalue weighted by Gasteiger charge is -2.15. The average Bonchev–Trinajstić information content (AvgIpc) is 2.14. The Hall–Kier alpha value is -1.91. The van der Waals surface area contributed by atoms with Crippen molar-refractivity contribution in [2.45, 2.75) is 13.5 Å². The van der Waals surface area contributed by atoms with Gasteiger partial charge in [0.05, 0.1) is 11.8 Å². The molecule has 1 rings (SSSR count). The minimum Gasteiger partial charge on any atom is -0.529 e. The van der Waals surface area contributed by atoms with E-state index in [1.54, 1.807) is 18.2 Å². The molecule has 14 heavy (non-hydrogen) atoms. The van der Waals surface area contributed by atoms with E-state index in [0.29, 0.717) is 10.6 Å². The summed E-state index contributed by atoms with van der Waals surface area (Å²) in [5, 5.41) is 13.0. The maximum absolute atomic E-state index is 10.3. The van der Waals surface area contributed by atoms with Crippen LogP contribution in [0.4, 0.5) is 4.79 Å². The number of aryl methyl sites for hydroxylation is 1. The van der Waals surface area contributed by atoms with Crippen molar-refractivity contribution in [3.8, 4) is 0 Å². The minimum atomic E-state index is -1.60. The molecule has 0 atom stereocenters. The summed E-state index contributed by atoms with van der Waals surface area (Å²) in [6.07, 6.45) is -1.60. The van der Waals surface area contributed by atoms with Gasteiger partial charge < -0.3 is 9.90 Å². The molecule has 0 aromatic heterocycles. The first-order valence-corrected chi connectivity index (χ1v) is 4.01. The van der Waals surface area contributed by atoms with Crippen molar-refractivity contribution in [2.75, 3.05) is 0 Å². The fourth-order valence-electron chi connectivity index (χ4n) is 1.11. The van der Waals surface area contributed by atoms with E-state index in [1.165, 1.54) is 0 Å². The number of rotatable bonds is 3. The highest BCUT2D eigenvalue weighted by Crippen LogP contribution is 2.07. The summed E-state index contributed by atoms with van der Waals surface area (Å²) in [5.41, 5.74) is 1.69. The van der Waals surface area contributed by atoms with Crippen molar-refractivity contribution in [2.24, 2.45) is 5.29 Å². The van der Waals surface area contributed by atoms with Gasteiger partial charge in [-0.15, -0.1) is 4.91 Å². The highest BCUT2D eigenvalue weighted by atomic mass is 16.4. The van der Waals surface area contributed by atoms with Crippen LogP contribution in [0.25, 0.3) is 0 Å². The van der Waals surface area contributed by atoms with Crippen LogP contribution < -0.4 is 5.11 Å². The van der Waals surface area contributed by atoms with Crippen molar-refractivity contribution in [1.82, 2.24) is 5.01 Å². The first-order valence-electron chi connectivity index (χ1n) is 4.01. The van der Waals surface area contributed by atoms with E-state index in [4.69, 9.17) is 0 Å². The molecule has 1 aromatic rings. The van der Waals surface area contributed by atoms with Gasteiger partial charge in [0.1, 0.15) is 0 Å². The first kappa shape index (κ1) is 10.2. The second kappa shape index (κ2) is 4.36. The summed E-state index contributed by atoms with van der Waals surface area (Å²) >= 11 is 0. The van der Waals surface area contributed by atoms with E-state index in [-0.39, 0.29) is 6.54 Å². The minimum absolute atomic E-state index is 0.0759. The number of carbonyl (C=O) groups is 1. The van der Waals surface area contributed by atoms with Gasteiger partial charge in [-0.25, -0.2) is 5.01 Å². The van der Waals surface area contributed by atoms with Gasteiger partial charge in [-0.2, -0.15) is 0 Å². The molecule has 0 aliphatic rings. The Morgan fingerprint density at radius 2 is 2.29 bits per heavy atom. The Bertz CT molecular complexity index is 352. The van der Waals surface area contributed by atoms with Crippen LogP contribution in [0, 0.1) is 11.8 Å². The monoisotopic (exact) mass is 193 g/mol. The van der Waals surface area contributed by atoms with Crippen molar-refractivity contribution in [1.29, 1.82) is 0 Å². The van der Waals surface area contributed by atoms with E-state index in [2.05, 4.69) is 5.29 Å². The van der Waals surface area contributed by atoms with Gasteiger partial charge in [-0.1, -0.05) is 29.8 Å². The third kappa shape index (κ3) is 2.55. The summed E-state index contributed by atoms with van der Waals surface area (Å²) in [6, 6.07) is 7.15. The van der Waals surface area contributed by atoms with Crippen LogP contribution in [0.1, 0.15) is 11.1 Å². The maximum Gasteiger partial charge on any atom is 0.161 e. The number of benzene rings is 1. The summed E-state index contributed by atoms with van der Waals surface area (Å²) < 4.78 is 0. The van der Waals surface area contributed by atoms with Crippen LogP contribution in [-0.4, -0.2) is 11.1 Å². The molecule has 0 aliphatic heterocycles.